The van der Waals surface area contributed by atoms with E-state index in [2.05, 4.69) is 0 Å². The van der Waals surface area contributed by atoms with Gasteiger partial charge in [-0.1, -0.05) is 0 Å². The van der Waals surface area contributed by atoms with Crippen molar-refractivity contribution in [2.75, 3.05) is 0 Å². The van der Waals surface area contributed by atoms with Gasteiger partial charge in [0.25, 0.3) is 0 Å². The molecule has 0 aliphatic heterocycles. The first-order valence-corrected chi connectivity index (χ1v) is 8.34. The van der Waals surface area contributed by atoms with Gasteiger partial charge in [-0.25, -0.2) is 0 Å². The average Bonchev–Trinajstić information content (AvgIpc) is 2.42. The second-order valence-corrected chi connectivity index (χ2v) is 9.86. The third kappa shape index (κ3) is 0.229. The Bertz CT molecular complexity index is 572. The Labute approximate surface area is 102 Å². The summed E-state index contributed by atoms with van der Waals surface area (Å²) in [6.07, 6.45) is 10.3. The van der Waals surface area contributed by atoms with Crippen LogP contribution in [0.2, 0.25) is 0 Å². The summed E-state index contributed by atoms with van der Waals surface area (Å²) >= 11 is 0. The molecule has 0 heteroatoms. The minimum absolute atomic E-state index is 1.01. The standard InChI is InChI=1S/C17H18/c1-2-14-6-8-4-10-11-9-3-7-5-13(1)12(14)17(11,15(7,9)13)16(8,10)14/h7-12H,1-6H2. The Morgan fingerprint density at radius 3 is 1.82 bits per heavy atom. The fourth-order valence-electron chi connectivity index (χ4n) is 13.2. The predicted octanol–water partition coefficient (Wildman–Crippen LogP) is 3.08. The van der Waals surface area contributed by atoms with E-state index in [0.717, 1.165) is 27.1 Å². The maximum Gasteiger partial charge on any atom is -0.00896 e. The van der Waals surface area contributed by atoms with Crippen molar-refractivity contribution in [3.8, 4) is 0 Å². The van der Waals surface area contributed by atoms with Crippen LogP contribution in [0.3, 0.4) is 0 Å². The number of rotatable bonds is 0. The maximum absolute atomic E-state index is 1.72. The smallest absolute Gasteiger partial charge is 0.00896 e. The van der Waals surface area contributed by atoms with Gasteiger partial charge in [-0.05, 0) is 101 Å². The first kappa shape index (κ1) is 6.96. The Kier molecular flexibility index (Phi) is 0.506. The molecule has 8 atom stereocenters. The number of fused-ring (bicyclic) bond motifs is 2. The zero-order valence-electron chi connectivity index (χ0n) is 10.2. The summed E-state index contributed by atoms with van der Waals surface area (Å²) in [6, 6.07) is 0. The molecule has 86 valence electrons. The van der Waals surface area contributed by atoms with Gasteiger partial charge in [-0.15, -0.1) is 0 Å². The lowest BCUT2D eigenvalue weighted by Gasteiger charge is -3.20. The van der Waals surface area contributed by atoms with Crippen LogP contribution >= 0.6 is 0 Å². The molecule has 9 aliphatic carbocycles. The molecule has 17 heavy (non-hydrogen) atoms. The van der Waals surface area contributed by atoms with Crippen LogP contribution in [0.25, 0.3) is 0 Å². The van der Waals surface area contributed by atoms with Crippen LogP contribution in [-0.4, -0.2) is 0 Å². The Morgan fingerprint density at radius 2 is 1.29 bits per heavy atom. The quantitative estimate of drug-likeness (QED) is 0.591. The first-order chi connectivity index (χ1) is 8.34. The summed E-state index contributed by atoms with van der Waals surface area (Å²) in [6.45, 7) is 0. The van der Waals surface area contributed by atoms with Crippen LogP contribution in [0.1, 0.15) is 38.5 Å². The second kappa shape index (κ2) is 1.23. The van der Waals surface area contributed by atoms with Crippen LogP contribution in [0.4, 0.5) is 0 Å². The van der Waals surface area contributed by atoms with Crippen LogP contribution in [0, 0.1) is 62.6 Å². The van der Waals surface area contributed by atoms with E-state index in [1.54, 1.807) is 38.5 Å². The van der Waals surface area contributed by atoms with Gasteiger partial charge < -0.3 is 0 Å². The van der Waals surface area contributed by atoms with Crippen LogP contribution in [0.5, 0.6) is 0 Å². The highest BCUT2D eigenvalue weighted by Gasteiger charge is 3.20. The minimum atomic E-state index is 1.01. The molecule has 0 N–H and O–H groups in total. The SMILES string of the molecule is C1C2CC34CCC56CC7CC8C9C1C23C9(C45)C786. The highest BCUT2D eigenvalue weighted by atomic mass is 15.2. The molecule has 0 aromatic carbocycles. The Balaban J connectivity index is 1.50. The van der Waals surface area contributed by atoms with Crippen molar-refractivity contribution < 1.29 is 0 Å². The van der Waals surface area contributed by atoms with Crippen molar-refractivity contribution in [3.63, 3.8) is 0 Å². The lowest BCUT2D eigenvalue weighted by Crippen LogP contribution is -3.16. The molecule has 0 radical (unpaired) electrons. The molecule has 0 aromatic heterocycles. The summed E-state index contributed by atoms with van der Waals surface area (Å²) in [4.78, 5) is 0. The van der Waals surface area contributed by atoms with Crippen molar-refractivity contribution in [1.82, 2.24) is 0 Å². The molecule has 9 saturated carbocycles. The molecule has 8 unspecified atom stereocenters. The normalized spacial score (nSPS) is 103. The molecule has 5 spiro atoms. The van der Waals surface area contributed by atoms with Gasteiger partial charge in [0.1, 0.15) is 0 Å². The molecular weight excluding hydrogens is 204 g/mol. The lowest BCUT2D eigenvalue weighted by atomic mass is 8.83. The van der Waals surface area contributed by atoms with E-state index in [1.165, 1.54) is 35.5 Å². The van der Waals surface area contributed by atoms with Crippen LogP contribution in [-0.2, 0) is 0 Å². The number of hydrogen-bond donors (Lipinski definition) is 0. The molecule has 9 fully saturated rings. The van der Waals surface area contributed by atoms with Gasteiger partial charge >= 0.3 is 0 Å². The molecule has 0 nitrogen and oxygen atoms in total. The Morgan fingerprint density at radius 1 is 0.706 bits per heavy atom. The van der Waals surface area contributed by atoms with E-state index in [4.69, 9.17) is 0 Å². The molecule has 0 saturated heterocycles. The molecule has 0 aromatic rings. The summed E-state index contributed by atoms with van der Waals surface area (Å²) in [7, 11) is 0. The molecule has 9 rings (SSSR count). The maximum atomic E-state index is 1.72. The minimum Gasteiger partial charge on any atom is -0.0461 e. The Hall–Kier alpha value is 0. The van der Waals surface area contributed by atoms with Crippen molar-refractivity contribution in [2.24, 2.45) is 62.6 Å². The predicted molar refractivity (Wildman–Crippen MR) is 60.8 cm³/mol. The second-order valence-electron chi connectivity index (χ2n) is 9.86. The van der Waals surface area contributed by atoms with E-state index in [0.29, 0.717) is 0 Å². The highest BCUT2D eigenvalue weighted by Crippen LogP contribution is 3.24. The van der Waals surface area contributed by atoms with E-state index in [-0.39, 0.29) is 0 Å². The van der Waals surface area contributed by atoms with E-state index < -0.39 is 0 Å². The zero-order valence-corrected chi connectivity index (χ0v) is 10.2. The molecule has 0 heterocycles. The van der Waals surface area contributed by atoms with Gasteiger partial charge in [0.05, 0.1) is 0 Å². The van der Waals surface area contributed by atoms with Crippen LogP contribution < -0.4 is 0 Å². The summed E-state index contributed by atoms with van der Waals surface area (Å²) in [5.74, 6) is 7.78. The average molecular weight is 222 g/mol. The summed E-state index contributed by atoms with van der Waals surface area (Å²) in [5, 5.41) is 0. The van der Waals surface area contributed by atoms with Gasteiger partial charge in [0, 0.05) is 0 Å². The van der Waals surface area contributed by atoms with Gasteiger partial charge in [0.2, 0.25) is 0 Å². The summed E-state index contributed by atoms with van der Waals surface area (Å²) < 4.78 is 0. The van der Waals surface area contributed by atoms with Gasteiger partial charge in [-0.3, -0.25) is 0 Å². The largest absolute Gasteiger partial charge is 0.0461 e. The molecular formula is C17H18. The topological polar surface area (TPSA) is 0 Å². The van der Waals surface area contributed by atoms with Crippen molar-refractivity contribution in [2.45, 2.75) is 38.5 Å². The van der Waals surface area contributed by atoms with Crippen molar-refractivity contribution in [3.05, 3.63) is 0 Å². The van der Waals surface area contributed by atoms with Gasteiger partial charge in [0.15, 0.2) is 0 Å². The lowest BCUT2D eigenvalue weighted by molar-refractivity contribution is -0.737. The third-order valence-electron chi connectivity index (χ3n) is 11.7. The van der Waals surface area contributed by atoms with E-state index in [1.807, 2.05) is 0 Å². The third-order valence-corrected chi connectivity index (χ3v) is 11.7. The molecule has 0 amide bonds. The zero-order chi connectivity index (χ0) is 10.2. The molecule has 9 aliphatic rings. The first-order valence-electron chi connectivity index (χ1n) is 8.34. The van der Waals surface area contributed by atoms with Crippen molar-refractivity contribution >= 4 is 0 Å². The monoisotopic (exact) mass is 222 g/mol. The molecule has 0 bridgehead atoms. The van der Waals surface area contributed by atoms with Crippen LogP contribution in [0.15, 0.2) is 0 Å². The fourth-order valence-corrected chi connectivity index (χ4v) is 13.2. The number of hydrogen-bond acceptors (Lipinski definition) is 0. The summed E-state index contributed by atoms with van der Waals surface area (Å²) in [5.41, 5.74) is 5.21. The van der Waals surface area contributed by atoms with Gasteiger partial charge in [-0.2, -0.15) is 0 Å². The highest BCUT2D eigenvalue weighted by molar-refractivity contribution is 5.66. The van der Waals surface area contributed by atoms with E-state index in [9.17, 15) is 0 Å². The fraction of sp³-hybridized carbons (Fsp3) is 1.00. The van der Waals surface area contributed by atoms with Crippen molar-refractivity contribution in [1.29, 1.82) is 0 Å². The van der Waals surface area contributed by atoms with E-state index >= 15 is 0 Å².